The number of carbonyl (C=O) groups is 1. The van der Waals surface area contributed by atoms with E-state index in [0.717, 1.165) is 7.05 Å². The lowest BCUT2D eigenvalue weighted by atomic mass is 10.2. The summed E-state index contributed by atoms with van der Waals surface area (Å²) >= 11 is 0. The monoisotopic (exact) mass is 267 g/mol. The zero-order valence-electron chi connectivity index (χ0n) is 10.5. The minimum atomic E-state index is -4.70. The number of nitrogens with one attached hydrogen (secondary N) is 3. The Morgan fingerprint density at radius 1 is 1.28 bits per heavy atom. The van der Waals surface area contributed by atoms with Crippen LogP contribution in [0.25, 0.3) is 0 Å². The van der Waals surface area contributed by atoms with Crippen LogP contribution in [0, 0.1) is 5.41 Å². The first-order valence-corrected chi connectivity index (χ1v) is 5.01. The van der Waals surface area contributed by atoms with E-state index in [2.05, 4.69) is 0 Å². The average molecular weight is 267 g/mol. The normalized spacial score (nSPS) is 13.5. The molecule has 0 aliphatic heterocycles. The van der Waals surface area contributed by atoms with E-state index in [-0.39, 0.29) is 0 Å². The molecule has 0 aliphatic rings. The van der Waals surface area contributed by atoms with E-state index < -0.39 is 29.3 Å². The Kier molecular flexibility index (Phi) is 5.19. The molecule has 18 heavy (non-hydrogen) atoms. The first-order valence-electron chi connectivity index (χ1n) is 5.01. The quantitative estimate of drug-likeness (QED) is 0.686. The van der Waals surface area contributed by atoms with Crippen molar-refractivity contribution in [1.29, 1.82) is 5.41 Å². The first-order chi connectivity index (χ1) is 8.01. The van der Waals surface area contributed by atoms with Crippen molar-refractivity contribution in [2.75, 3.05) is 7.05 Å². The molecule has 0 radical (unpaired) electrons. The topological polar surface area (TPSA) is 74.2 Å². The molecule has 0 rings (SSSR count). The smallest absolute Gasteiger partial charge is 0.433 e. The number of amides is 1. The minimum Gasteiger partial charge on any atom is -0.444 e. The van der Waals surface area contributed by atoms with Gasteiger partial charge in [-0.15, -0.1) is 0 Å². The molecular weight excluding hydrogens is 251 g/mol. The molecule has 0 atom stereocenters. The third kappa shape index (κ3) is 5.55. The summed E-state index contributed by atoms with van der Waals surface area (Å²) in [4.78, 5) is 11.3. The van der Waals surface area contributed by atoms with Crippen molar-refractivity contribution in [2.45, 2.75) is 32.5 Å². The fraction of sp³-hybridized carbons (Fsp3) is 0.600. The van der Waals surface area contributed by atoms with Crippen molar-refractivity contribution in [2.24, 2.45) is 0 Å². The van der Waals surface area contributed by atoms with Crippen molar-refractivity contribution in [3.63, 3.8) is 0 Å². The number of rotatable bonds is 3. The maximum Gasteiger partial charge on any atom is 0.433 e. The van der Waals surface area contributed by atoms with Crippen LogP contribution in [0.5, 0.6) is 0 Å². The Hall–Kier alpha value is -1.73. The molecule has 0 unspecified atom stereocenters. The lowest BCUT2D eigenvalue weighted by Gasteiger charge is -2.21. The van der Waals surface area contributed by atoms with Crippen LogP contribution in [-0.4, -0.2) is 31.1 Å². The predicted octanol–water partition coefficient (Wildman–Crippen LogP) is 2.15. The van der Waals surface area contributed by atoms with E-state index in [0.29, 0.717) is 6.21 Å². The van der Waals surface area contributed by atoms with Crippen LogP contribution >= 0.6 is 0 Å². The van der Waals surface area contributed by atoms with Crippen LogP contribution in [0.15, 0.2) is 11.4 Å². The van der Waals surface area contributed by atoms with Gasteiger partial charge in [0.25, 0.3) is 0 Å². The zero-order chi connectivity index (χ0) is 14.6. The van der Waals surface area contributed by atoms with E-state index in [1.165, 1.54) is 0 Å². The summed E-state index contributed by atoms with van der Waals surface area (Å²) < 4.78 is 42.4. The van der Waals surface area contributed by atoms with E-state index in [1.807, 2.05) is 10.6 Å². The molecule has 0 saturated carbocycles. The molecule has 8 heteroatoms. The highest BCUT2D eigenvalue weighted by molar-refractivity contribution is 5.84. The number of halogens is 3. The number of alkyl carbamates (subject to hydrolysis) is 1. The second-order valence-electron chi connectivity index (χ2n) is 4.31. The zero-order valence-corrected chi connectivity index (χ0v) is 10.5. The Morgan fingerprint density at radius 2 is 1.78 bits per heavy atom. The molecule has 0 aliphatic carbocycles. The van der Waals surface area contributed by atoms with Crippen molar-refractivity contribution in [3.8, 4) is 0 Å². The molecule has 5 nitrogen and oxygen atoms in total. The Balaban J connectivity index is 5.06. The lowest BCUT2D eigenvalue weighted by Crippen LogP contribution is -2.36. The molecular formula is C10H16F3N3O2. The molecule has 1 amide bonds. The highest BCUT2D eigenvalue weighted by atomic mass is 19.4. The molecule has 0 spiro atoms. The molecule has 0 heterocycles. The van der Waals surface area contributed by atoms with Gasteiger partial charge in [0.05, 0.1) is 5.70 Å². The van der Waals surface area contributed by atoms with Crippen LogP contribution in [-0.2, 0) is 4.74 Å². The fourth-order valence-electron chi connectivity index (χ4n) is 1.01. The highest BCUT2D eigenvalue weighted by Gasteiger charge is 2.36. The predicted molar refractivity (Wildman–Crippen MR) is 60.3 cm³/mol. The number of allylic oxidation sites excluding steroid dienone is 2. The van der Waals surface area contributed by atoms with Gasteiger partial charge in [-0.25, -0.2) is 4.79 Å². The van der Waals surface area contributed by atoms with E-state index in [4.69, 9.17) is 10.1 Å². The largest absolute Gasteiger partial charge is 0.444 e. The second kappa shape index (κ2) is 5.74. The molecule has 0 saturated heterocycles. The van der Waals surface area contributed by atoms with Crippen LogP contribution in [0.4, 0.5) is 18.0 Å². The summed E-state index contributed by atoms with van der Waals surface area (Å²) in [5.41, 5.74) is -2.77. The number of alkyl halides is 3. The van der Waals surface area contributed by atoms with Crippen LogP contribution in [0.2, 0.25) is 0 Å². The van der Waals surface area contributed by atoms with Gasteiger partial charge >= 0.3 is 12.3 Å². The molecule has 0 aromatic carbocycles. The van der Waals surface area contributed by atoms with Gasteiger partial charge in [0.2, 0.25) is 0 Å². The van der Waals surface area contributed by atoms with Gasteiger partial charge in [0.1, 0.15) is 11.3 Å². The molecule has 0 fully saturated rings. The molecule has 104 valence electrons. The molecule has 0 bridgehead atoms. The molecule has 3 N–H and O–H groups in total. The van der Waals surface area contributed by atoms with Gasteiger partial charge in [0, 0.05) is 13.3 Å². The van der Waals surface area contributed by atoms with Gasteiger partial charge in [-0.05, 0) is 20.8 Å². The van der Waals surface area contributed by atoms with Gasteiger partial charge in [-0.3, -0.25) is 5.32 Å². The fourth-order valence-corrected chi connectivity index (χ4v) is 1.01. The standard InChI is InChI=1S/C10H16F3N3O2/c1-9(2,3)18-8(17)16-6(5-14)7(15-4)10(11,12)13/h5,14-15H,1-4H3,(H,16,17)/b7-6+,14-5?. The number of hydrogen-bond donors (Lipinski definition) is 3. The molecule has 0 aromatic heterocycles. The average Bonchev–Trinajstić information content (AvgIpc) is 2.11. The van der Waals surface area contributed by atoms with E-state index >= 15 is 0 Å². The molecule has 0 aromatic rings. The van der Waals surface area contributed by atoms with Crippen molar-refractivity contribution in [3.05, 3.63) is 11.4 Å². The third-order valence-corrected chi connectivity index (χ3v) is 1.58. The summed E-state index contributed by atoms with van der Waals surface area (Å²) in [6.45, 7) is 4.72. The van der Waals surface area contributed by atoms with Gasteiger partial charge in [-0.2, -0.15) is 13.2 Å². The van der Waals surface area contributed by atoms with Gasteiger partial charge < -0.3 is 15.5 Å². The summed E-state index contributed by atoms with van der Waals surface area (Å²) in [5.74, 6) is 0. The van der Waals surface area contributed by atoms with E-state index in [9.17, 15) is 18.0 Å². The Morgan fingerprint density at radius 3 is 2.06 bits per heavy atom. The van der Waals surface area contributed by atoms with Crippen LogP contribution in [0.3, 0.4) is 0 Å². The van der Waals surface area contributed by atoms with Gasteiger partial charge in [0.15, 0.2) is 0 Å². The van der Waals surface area contributed by atoms with Crippen LogP contribution in [0.1, 0.15) is 20.8 Å². The summed E-state index contributed by atoms with van der Waals surface area (Å²) in [5, 5.41) is 10.7. The second-order valence-corrected chi connectivity index (χ2v) is 4.31. The van der Waals surface area contributed by atoms with Crippen LogP contribution < -0.4 is 10.6 Å². The summed E-state index contributed by atoms with van der Waals surface area (Å²) in [7, 11) is 1.04. The van der Waals surface area contributed by atoms with Crippen molar-refractivity contribution < 1.29 is 22.7 Å². The highest BCUT2D eigenvalue weighted by Crippen LogP contribution is 2.24. The van der Waals surface area contributed by atoms with Crippen molar-refractivity contribution in [1.82, 2.24) is 10.6 Å². The van der Waals surface area contributed by atoms with Gasteiger partial charge in [-0.1, -0.05) is 0 Å². The van der Waals surface area contributed by atoms with Crippen molar-refractivity contribution >= 4 is 12.3 Å². The Labute approximate surface area is 103 Å². The van der Waals surface area contributed by atoms with E-state index in [1.54, 1.807) is 20.8 Å². The summed E-state index contributed by atoms with van der Waals surface area (Å²) in [6.07, 6.45) is -5.36. The maximum atomic E-state index is 12.5. The minimum absolute atomic E-state index is 0.392. The first kappa shape index (κ1) is 16.3. The summed E-state index contributed by atoms with van der Waals surface area (Å²) in [6, 6.07) is 0. The maximum absolute atomic E-state index is 12.5. The number of hydrogen-bond acceptors (Lipinski definition) is 4. The lowest BCUT2D eigenvalue weighted by molar-refractivity contribution is -0.0967. The number of ether oxygens (including phenoxy) is 1. The number of carbonyl (C=O) groups excluding carboxylic acids is 1. The Bertz CT molecular complexity index is 356. The third-order valence-electron chi connectivity index (χ3n) is 1.58. The SMILES string of the molecule is CN/C(=C(\C=N)NC(=O)OC(C)(C)C)C(F)(F)F.